The fourth-order valence-electron chi connectivity index (χ4n) is 2.70. The molecule has 3 N–H and O–H groups in total. The van der Waals surface area contributed by atoms with Crippen molar-refractivity contribution in [3.63, 3.8) is 0 Å². The average molecular weight is 356 g/mol. The second-order valence-electron chi connectivity index (χ2n) is 5.66. The summed E-state index contributed by atoms with van der Waals surface area (Å²) in [4.78, 5) is 19.2. The number of aromatic nitrogens is 2. The van der Waals surface area contributed by atoms with Gasteiger partial charge in [-0.25, -0.2) is 4.98 Å². The van der Waals surface area contributed by atoms with Crippen molar-refractivity contribution in [1.29, 1.82) is 0 Å². The Morgan fingerprint density at radius 2 is 2.08 bits per heavy atom. The molecule has 126 valence electrons. The zero-order valence-electron chi connectivity index (χ0n) is 13.0. The SMILES string of the molecule is O=c1[nH]c2ccc(Cl)cc2cc1CNc1ccc2oc(CO)nc2c1. The van der Waals surface area contributed by atoms with Crippen LogP contribution in [0.3, 0.4) is 0 Å². The molecule has 0 aliphatic heterocycles. The number of halogens is 1. The Kier molecular flexibility index (Phi) is 3.91. The van der Waals surface area contributed by atoms with Gasteiger partial charge in [0.15, 0.2) is 5.58 Å². The molecule has 2 aromatic heterocycles. The van der Waals surface area contributed by atoms with E-state index in [1.165, 1.54) is 0 Å². The molecule has 7 heteroatoms. The quantitative estimate of drug-likeness (QED) is 0.521. The number of aromatic amines is 1. The Balaban J connectivity index is 1.61. The highest BCUT2D eigenvalue weighted by Gasteiger charge is 2.07. The highest BCUT2D eigenvalue weighted by Crippen LogP contribution is 2.21. The Bertz CT molecular complexity index is 1130. The summed E-state index contributed by atoms with van der Waals surface area (Å²) in [6, 6.07) is 12.6. The number of anilines is 1. The van der Waals surface area contributed by atoms with E-state index in [4.69, 9.17) is 21.1 Å². The lowest BCUT2D eigenvalue weighted by molar-refractivity contribution is 0.244. The maximum atomic E-state index is 12.2. The van der Waals surface area contributed by atoms with E-state index < -0.39 is 0 Å². The lowest BCUT2D eigenvalue weighted by Crippen LogP contribution is -2.15. The van der Waals surface area contributed by atoms with Gasteiger partial charge in [-0.05, 0) is 42.5 Å². The van der Waals surface area contributed by atoms with Gasteiger partial charge in [0.1, 0.15) is 12.1 Å². The molecule has 0 bridgehead atoms. The normalized spacial score (nSPS) is 11.3. The first-order chi connectivity index (χ1) is 12.1. The van der Waals surface area contributed by atoms with Crippen LogP contribution in [-0.2, 0) is 13.2 Å². The second-order valence-corrected chi connectivity index (χ2v) is 6.09. The summed E-state index contributed by atoms with van der Waals surface area (Å²) in [6.45, 7) is 0.112. The van der Waals surface area contributed by atoms with E-state index >= 15 is 0 Å². The number of oxazole rings is 1. The van der Waals surface area contributed by atoms with Gasteiger partial charge in [0.05, 0.1) is 0 Å². The number of H-pyrrole nitrogens is 1. The summed E-state index contributed by atoms with van der Waals surface area (Å²) in [7, 11) is 0. The first-order valence-corrected chi connectivity index (χ1v) is 8.06. The molecule has 2 aromatic carbocycles. The number of pyridine rings is 1. The third-order valence-electron chi connectivity index (χ3n) is 3.93. The third-order valence-corrected chi connectivity index (χ3v) is 4.17. The molecular formula is C18H14ClN3O3. The number of hydrogen-bond acceptors (Lipinski definition) is 5. The fourth-order valence-corrected chi connectivity index (χ4v) is 2.88. The van der Waals surface area contributed by atoms with Gasteiger partial charge < -0.3 is 19.8 Å². The van der Waals surface area contributed by atoms with Crippen molar-refractivity contribution < 1.29 is 9.52 Å². The summed E-state index contributed by atoms with van der Waals surface area (Å²) in [5.74, 6) is 0.273. The lowest BCUT2D eigenvalue weighted by Gasteiger charge is -2.07. The van der Waals surface area contributed by atoms with Gasteiger partial charge in [0, 0.05) is 33.7 Å². The molecule has 4 aromatic rings. The highest BCUT2D eigenvalue weighted by molar-refractivity contribution is 6.31. The van der Waals surface area contributed by atoms with E-state index in [2.05, 4.69) is 15.3 Å². The summed E-state index contributed by atoms with van der Waals surface area (Å²) >= 11 is 6.01. The number of benzene rings is 2. The van der Waals surface area contributed by atoms with Crippen molar-refractivity contribution in [2.45, 2.75) is 13.2 Å². The highest BCUT2D eigenvalue weighted by atomic mass is 35.5. The molecule has 0 saturated heterocycles. The zero-order valence-corrected chi connectivity index (χ0v) is 13.8. The van der Waals surface area contributed by atoms with E-state index in [-0.39, 0.29) is 18.1 Å². The van der Waals surface area contributed by atoms with E-state index in [9.17, 15) is 4.79 Å². The van der Waals surface area contributed by atoms with Crippen molar-refractivity contribution in [2.75, 3.05) is 5.32 Å². The molecule has 0 spiro atoms. The van der Waals surface area contributed by atoms with Crippen LogP contribution in [0.1, 0.15) is 11.5 Å². The van der Waals surface area contributed by atoms with Crippen molar-refractivity contribution in [3.8, 4) is 0 Å². The first-order valence-electron chi connectivity index (χ1n) is 7.68. The minimum absolute atomic E-state index is 0.146. The number of rotatable bonds is 4. The minimum atomic E-state index is -0.244. The second kappa shape index (κ2) is 6.23. The number of aliphatic hydroxyl groups is 1. The predicted octanol–water partition coefficient (Wildman–Crippen LogP) is 3.43. The summed E-state index contributed by atoms with van der Waals surface area (Å²) in [6.07, 6.45) is 0. The van der Waals surface area contributed by atoms with Gasteiger partial charge in [-0.2, -0.15) is 0 Å². The number of nitrogens with one attached hydrogen (secondary N) is 2. The number of hydrogen-bond donors (Lipinski definition) is 3. The monoisotopic (exact) mass is 355 g/mol. The molecule has 25 heavy (non-hydrogen) atoms. The summed E-state index contributed by atoms with van der Waals surface area (Å²) < 4.78 is 5.36. The van der Waals surface area contributed by atoms with Crippen LogP contribution in [0.2, 0.25) is 5.02 Å². The predicted molar refractivity (Wildman–Crippen MR) is 96.8 cm³/mol. The van der Waals surface area contributed by atoms with Gasteiger partial charge in [0.2, 0.25) is 5.89 Å². The maximum Gasteiger partial charge on any atom is 0.253 e. The Labute approximate surface area is 147 Å². The van der Waals surface area contributed by atoms with Gasteiger partial charge in [-0.1, -0.05) is 11.6 Å². The van der Waals surface area contributed by atoms with Gasteiger partial charge in [-0.15, -0.1) is 0 Å². The van der Waals surface area contributed by atoms with Crippen LogP contribution >= 0.6 is 11.6 Å². The van der Waals surface area contributed by atoms with E-state index in [0.29, 0.717) is 28.2 Å². The van der Waals surface area contributed by atoms with Crippen molar-refractivity contribution in [1.82, 2.24) is 9.97 Å². The molecule has 0 atom stereocenters. The summed E-state index contributed by atoms with van der Waals surface area (Å²) in [5, 5.41) is 13.8. The van der Waals surface area contributed by atoms with Crippen LogP contribution in [0, 0.1) is 0 Å². The van der Waals surface area contributed by atoms with Crippen LogP contribution in [0.15, 0.2) is 51.7 Å². The van der Waals surface area contributed by atoms with Crippen LogP contribution in [0.5, 0.6) is 0 Å². The Hall–Kier alpha value is -2.83. The Morgan fingerprint density at radius 3 is 2.92 bits per heavy atom. The molecule has 4 rings (SSSR count). The number of nitrogens with zero attached hydrogens (tertiary/aromatic N) is 1. The largest absolute Gasteiger partial charge is 0.438 e. The standard InChI is InChI=1S/C18H14ClN3O3/c19-12-1-3-14-10(6-12)5-11(18(24)22-14)8-20-13-2-4-16-15(7-13)21-17(9-23)25-16/h1-7,20,23H,8-9H2,(H,22,24). The van der Waals surface area contributed by atoms with Crippen LogP contribution in [0.25, 0.3) is 22.0 Å². The Morgan fingerprint density at radius 1 is 1.20 bits per heavy atom. The molecule has 2 heterocycles. The molecule has 0 radical (unpaired) electrons. The van der Waals surface area contributed by atoms with Crippen molar-refractivity contribution in [3.05, 3.63) is 69.3 Å². The topological polar surface area (TPSA) is 91.2 Å². The number of fused-ring (bicyclic) bond motifs is 2. The molecule has 6 nitrogen and oxygen atoms in total. The maximum absolute atomic E-state index is 12.2. The van der Waals surface area contributed by atoms with Crippen LogP contribution in [-0.4, -0.2) is 15.1 Å². The van der Waals surface area contributed by atoms with Gasteiger partial charge >= 0.3 is 0 Å². The third kappa shape index (κ3) is 3.09. The van der Waals surface area contributed by atoms with Gasteiger partial charge in [-0.3, -0.25) is 4.79 Å². The molecule has 0 aliphatic carbocycles. The fraction of sp³-hybridized carbons (Fsp3) is 0.111. The minimum Gasteiger partial charge on any atom is -0.438 e. The molecule has 0 amide bonds. The molecule has 0 aliphatic rings. The van der Waals surface area contributed by atoms with Crippen LogP contribution < -0.4 is 10.9 Å². The molecular weight excluding hydrogens is 342 g/mol. The average Bonchev–Trinajstić information content (AvgIpc) is 3.02. The van der Waals surface area contributed by atoms with Crippen molar-refractivity contribution >= 4 is 39.3 Å². The molecule has 0 saturated carbocycles. The smallest absolute Gasteiger partial charge is 0.253 e. The summed E-state index contributed by atoms with van der Waals surface area (Å²) in [5.41, 5.74) is 3.26. The van der Waals surface area contributed by atoms with Gasteiger partial charge in [0.25, 0.3) is 5.56 Å². The molecule has 0 fully saturated rings. The number of aliphatic hydroxyl groups excluding tert-OH is 1. The van der Waals surface area contributed by atoms with E-state index in [1.54, 1.807) is 18.2 Å². The van der Waals surface area contributed by atoms with E-state index in [1.807, 2.05) is 24.3 Å². The van der Waals surface area contributed by atoms with E-state index in [0.717, 1.165) is 16.6 Å². The van der Waals surface area contributed by atoms with Crippen LogP contribution in [0.4, 0.5) is 5.69 Å². The first kappa shape index (κ1) is 15.7. The zero-order chi connectivity index (χ0) is 17.4. The lowest BCUT2D eigenvalue weighted by atomic mass is 10.1. The molecule has 0 unspecified atom stereocenters. The van der Waals surface area contributed by atoms with Crippen molar-refractivity contribution in [2.24, 2.45) is 0 Å².